The van der Waals surface area contributed by atoms with E-state index in [0.29, 0.717) is 52.6 Å². The fourth-order valence-corrected chi connectivity index (χ4v) is 5.03. The zero-order chi connectivity index (χ0) is 29.9. The molecule has 218 valence electrons. The molecule has 2 aromatic carbocycles. The molecule has 0 fully saturated rings. The lowest BCUT2D eigenvalue weighted by Crippen LogP contribution is -2.20. The number of amides is 1. The van der Waals surface area contributed by atoms with Gasteiger partial charge in [-0.15, -0.1) is 0 Å². The number of likely N-dealkylation sites (N-methyl/N-ethyl adjacent to an activating group) is 1. The molecule has 0 unspecified atom stereocenters. The van der Waals surface area contributed by atoms with Crippen LogP contribution in [0, 0.1) is 5.82 Å². The second kappa shape index (κ2) is 12.0. The van der Waals surface area contributed by atoms with Crippen molar-refractivity contribution in [2.75, 3.05) is 37.8 Å². The summed E-state index contributed by atoms with van der Waals surface area (Å²) in [5.41, 5.74) is 7.29. The van der Waals surface area contributed by atoms with Crippen LogP contribution in [0.3, 0.4) is 0 Å². The maximum absolute atomic E-state index is 14.7. The second-order valence-electron chi connectivity index (χ2n) is 10.7. The molecule has 0 aliphatic rings. The van der Waals surface area contributed by atoms with E-state index in [9.17, 15) is 9.18 Å². The van der Waals surface area contributed by atoms with Gasteiger partial charge >= 0.3 is 0 Å². The third-order valence-corrected chi connectivity index (χ3v) is 7.11. The minimum atomic E-state index is -0.330. The summed E-state index contributed by atoms with van der Waals surface area (Å²) in [5, 5.41) is 14.7. The number of imidazole rings is 1. The van der Waals surface area contributed by atoms with Gasteiger partial charge in [0, 0.05) is 54.1 Å². The Balaban J connectivity index is 1.35. The number of rotatable bonds is 10. The first-order valence-corrected chi connectivity index (χ1v) is 14.2. The van der Waals surface area contributed by atoms with Gasteiger partial charge in [-0.3, -0.25) is 14.9 Å². The van der Waals surface area contributed by atoms with E-state index in [1.54, 1.807) is 18.6 Å². The summed E-state index contributed by atoms with van der Waals surface area (Å²) in [7, 11) is 3.99. The molecule has 43 heavy (non-hydrogen) atoms. The maximum atomic E-state index is 14.7. The van der Waals surface area contributed by atoms with Gasteiger partial charge in [-0.25, -0.2) is 14.4 Å². The Bertz CT molecular complexity index is 1930. The summed E-state index contributed by atoms with van der Waals surface area (Å²) >= 11 is 0. The van der Waals surface area contributed by atoms with Crippen LogP contribution in [-0.4, -0.2) is 68.1 Å². The standard InChI is InChI=1S/C32H32FN9O/c1-4-5-28(43)37-24-14-21(17-34-18-24)19-6-7-27-26(15-19)30(41-40-27)32-38-29-25(8-9-36-31(29)39-32)20-12-22(33)16-23(13-20)35-10-11-42(2)3/h6-9,12-18,35H,4-5,10-11H2,1-3H3,(H,37,43)(H,40,41)(H,36,38,39). The number of pyridine rings is 2. The summed E-state index contributed by atoms with van der Waals surface area (Å²) in [5.74, 6) is 0.170. The molecule has 0 radical (unpaired) electrons. The number of nitrogens with zero attached hydrogens (tertiary/aromatic N) is 5. The normalized spacial score (nSPS) is 11.5. The zero-order valence-corrected chi connectivity index (χ0v) is 24.2. The molecule has 0 spiro atoms. The Kier molecular flexibility index (Phi) is 7.80. The first-order chi connectivity index (χ1) is 20.9. The summed E-state index contributed by atoms with van der Waals surface area (Å²) in [4.78, 5) is 31.1. The lowest BCUT2D eigenvalue weighted by molar-refractivity contribution is -0.116. The highest BCUT2D eigenvalue weighted by Gasteiger charge is 2.17. The molecule has 10 nitrogen and oxygen atoms in total. The van der Waals surface area contributed by atoms with Crippen molar-refractivity contribution in [3.05, 3.63) is 72.9 Å². The number of anilines is 2. The number of fused-ring (bicyclic) bond motifs is 2. The number of hydrogen-bond donors (Lipinski definition) is 4. The van der Waals surface area contributed by atoms with Crippen molar-refractivity contribution in [2.24, 2.45) is 0 Å². The highest BCUT2D eigenvalue weighted by Crippen LogP contribution is 2.34. The molecule has 0 atom stereocenters. The van der Waals surface area contributed by atoms with Crippen molar-refractivity contribution in [3.63, 3.8) is 0 Å². The summed E-state index contributed by atoms with van der Waals surface area (Å²) in [6.07, 6.45) is 6.30. The first-order valence-electron chi connectivity index (χ1n) is 14.2. The number of aromatic amines is 2. The summed E-state index contributed by atoms with van der Waals surface area (Å²) in [6, 6.07) is 14.6. The van der Waals surface area contributed by atoms with Gasteiger partial charge in [-0.1, -0.05) is 13.0 Å². The number of carbonyl (C=O) groups excluding carboxylic acids is 1. The lowest BCUT2D eigenvalue weighted by atomic mass is 10.0. The van der Waals surface area contributed by atoms with E-state index in [-0.39, 0.29) is 11.7 Å². The fraction of sp³-hybridized carbons (Fsp3) is 0.219. The molecule has 0 aliphatic heterocycles. The Labute approximate surface area is 247 Å². The van der Waals surface area contributed by atoms with Crippen LogP contribution in [-0.2, 0) is 4.79 Å². The maximum Gasteiger partial charge on any atom is 0.224 e. The number of nitrogens with one attached hydrogen (secondary N) is 4. The molecule has 4 heterocycles. The Hall–Kier alpha value is -5.16. The number of halogens is 1. The molecule has 4 aromatic heterocycles. The van der Waals surface area contributed by atoms with Gasteiger partial charge in [0.05, 0.1) is 22.9 Å². The number of aromatic nitrogens is 6. The van der Waals surface area contributed by atoms with Crippen molar-refractivity contribution < 1.29 is 9.18 Å². The van der Waals surface area contributed by atoms with Crippen LogP contribution in [0.5, 0.6) is 0 Å². The Morgan fingerprint density at radius 2 is 1.86 bits per heavy atom. The smallest absolute Gasteiger partial charge is 0.224 e. The Morgan fingerprint density at radius 1 is 1.00 bits per heavy atom. The summed E-state index contributed by atoms with van der Waals surface area (Å²) in [6.45, 7) is 3.48. The van der Waals surface area contributed by atoms with Gasteiger partial charge in [0.1, 0.15) is 11.5 Å². The van der Waals surface area contributed by atoms with Crippen molar-refractivity contribution in [1.29, 1.82) is 0 Å². The molecule has 6 aromatic rings. The van der Waals surface area contributed by atoms with Crippen molar-refractivity contribution in [3.8, 4) is 33.8 Å². The van der Waals surface area contributed by atoms with E-state index >= 15 is 0 Å². The van der Waals surface area contributed by atoms with E-state index in [1.165, 1.54) is 12.1 Å². The minimum absolute atomic E-state index is 0.0399. The van der Waals surface area contributed by atoms with Crippen LogP contribution in [0.4, 0.5) is 15.8 Å². The van der Waals surface area contributed by atoms with Crippen molar-refractivity contribution in [2.45, 2.75) is 19.8 Å². The average Bonchev–Trinajstić information content (AvgIpc) is 3.60. The van der Waals surface area contributed by atoms with Crippen LogP contribution in [0.25, 0.3) is 55.8 Å². The van der Waals surface area contributed by atoms with Crippen molar-refractivity contribution >= 4 is 39.3 Å². The number of H-pyrrole nitrogens is 2. The van der Waals surface area contributed by atoms with Gasteiger partial charge in [-0.2, -0.15) is 5.10 Å². The van der Waals surface area contributed by atoms with E-state index in [1.807, 2.05) is 57.4 Å². The third-order valence-electron chi connectivity index (χ3n) is 7.11. The third kappa shape index (κ3) is 6.07. The largest absolute Gasteiger partial charge is 0.384 e. The van der Waals surface area contributed by atoms with Crippen LogP contribution in [0.2, 0.25) is 0 Å². The van der Waals surface area contributed by atoms with E-state index < -0.39 is 0 Å². The molecule has 1 amide bonds. The van der Waals surface area contributed by atoms with Crippen LogP contribution in [0.15, 0.2) is 67.1 Å². The molecular weight excluding hydrogens is 545 g/mol. The lowest BCUT2D eigenvalue weighted by Gasteiger charge is -2.13. The van der Waals surface area contributed by atoms with E-state index in [4.69, 9.17) is 4.98 Å². The fourth-order valence-electron chi connectivity index (χ4n) is 5.03. The molecule has 0 saturated carbocycles. The van der Waals surface area contributed by atoms with Crippen LogP contribution < -0.4 is 10.6 Å². The molecule has 0 saturated heterocycles. The van der Waals surface area contributed by atoms with E-state index in [0.717, 1.165) is 40.6 Å². The highest BCUT2D eigenvalue weighted by atomic mass is 19.1. The van der Waals surface area contributed by atoms with Gasteiger partial charge in [-0.05, 0) is 74.1 Å². The number of carbonyl (C=O) groups is 1. The predicted octanol–water partition coefficient (Wildman–Crippen LogP) is 6.08. The van der Waals surface area contributed by atoms with Gasteiger partial charge < -0.3 is 20.5 Å². The van der Waals surface area contributed by atoms with Gasteiger partial charge in [0.2, 0.25) is 5.91 Å². The van der Waals surface area contributed by atoms with E-state index in [2.05, 4.69) is 40.7 Å². The molecule has 0 aliphatic carbocycles. The topological polar surface area (TPSA) is 128 Å². The molecule has 0 bridgehead atoms. The predicted molar refractivity (Wildman–Crippen MR) is 168 cm³/mol. The molecule has 11 heteroatoms. The highest BCUT2D eigenvalue weighted by molar-refractivity contribution is 5.98. The summed E-state index contributed by atoms with van der Waals surface area (Å²) < 4.78 is 14.7. The molecule has 6 rings (SSSR count). The SMILES string of the molecule is CCCC(=O)Nc1cncc(-c2ccc3[nH]nc(-c4nc5nccc(-c6cc(F)cc(NCCN(C)C)c6)c5[nH]4)c3c2)c1. The molecule has 4 N–H and O–H groups in total. The number of benzene rings is 2. The van der Waals surface area contributed by atoms with Crippen LogP contribution in [0.1, 0.15) is 19.8 Å². The monoisotopic (exact) mass is 577 g/mol. The average molecular weight is 578 g/mol. The van der Waals surface area contributed by atoms with Crippen LogP contribution >= 0.6 is 0 Å². The van der Waals surface area contributed by atoms with Gasteiger partial charge in [0.25, 0.3) is 0 Å². The molecular formula is C32H32FN9O. The second-order valence-corrected chi connectivity index (χ2v) is 10.7. The number of hydrogen-bond acceptors (Lipinski definition) is 7. The quantitative estimate of drug-likeness (QED) is 0.155. The van der Waals surface area contributed by atoms with Gasteiger partial charge in [0.15, 0.2) is 11.5 Å². The van der Waals surface area contributed by atoms with Crippen molar-refractivity contribution in [1.82, 2.24) is 35.0 Å². The minimum Gasteiger partial charge on any atom is -0.384 e. The zero-order valence-electron chi connectivity index (χ0n) is 24.2. The first kappa shape index (κ1) is 28.0. The Morgan fingerprint density at radius 3 is 2.70 bits per heavy atom.